The molecule has 0 saturated heterocycles. The van der Waals surface area contributed by atoms with E-state index in [9.17, 15) is 14.3 Å². The van der Waals surface area contributed by atoms with E-state index in [1.165, 1.54) is 18.2 Å². The van der Waals surface area contributed by atoms with E-state index in [0.717, 1.165) is 0 Å². The van der Waals surface area contributed by atoms with Gasteiger partial charge >= 0.3 is 0 Å². The molecular formula is C9H6FNO2. The summed E-state index contributed by atoms with van der Waals surface area (Å²) in [5.74, 6) is -0.662. The third kappa shape index (κ3) is 1.07. The normalized spacial score (nSPS) is 10.5. The molecule has 2 N–H and O–H groups in total. The van der Waals surface area contributed by atoms with Crippen LogP contribution in [0.25, 0.3) is 10.9 Å². The largest absolute Gasteiger partial charge is 0.494 e. The summed E-state index contributed by atoms with van der Waals surface area (Å²) in [6, 6.07) is 3.93. The number of hydrogen-bond donors (Lipinski definition) is 2. The fourth-order valence-corrected chi connectivity index (χ4v) is 1.29. The summed E-state index contributed by atoms with van der Waals surface area (Å²) in [7, 11) is 0. The number of halogens is 1. The molecule has 0 aliphatic rings. The average molecular weight is 179 g/mol. The van der Waals surface area contributed by atoms with Crippen molar-refractivity contribution in [3.63, 3.8) is 0 Å². The molecule has 3 nitrogen and oxygen atoms in total. The van der Waals surface area contributed by atoms with Crippen molar-refractivity contribution in [3.05, 3.63) is 29.6 Å². The Labute approximate surface area is 72.8 Å². The van der Waals surface area contributed by atoms with Crippen LogP contribution in [0.15, 0.2) is 18.2 Å². The topological polar surface area (TPSA) is 53.1 Å². The summed E-state index contributed by atoms with van der Waals surface area (Å²) in [6.45, 7) is 0. The maximum Gasteiger partial charge on any atom is 0.200 e. The third-order valence-electron chi connectivity index (χ3n) is 1.90. The Morgan fingerprint density at radius 1 is 1.46 bits per heavy atom. The van der Waals surface area contributed by atoms with Crippen molar-refractivity contribution < 1.29 is 14.3 Å². The Kier molecular flexibility index (Phi) is 1.55. The monoisotopic (exact) mass is 179 g/mol. The quantitative estimate of drug-likeness (QED) is 0.656. The average Bonchev–Trinajstić information content (AvgIpc) is 2.40. The first-order valence-electron chi connectivity index (χ1n) is 3.68. The number of aldehydes is 1. The number of H-pyrrole nitrogens is 1. The zero-order valence-electron chi connectivity index (χ0n) is 6.54. The molecule has 0 aliphatic carbocycles. The molecule has 2 aromatic rings. The first-order chi connectivity index (χ1) is 6.22. The number of hydrogen-bond acceptors (Lipinski definition) is 2. The second-order valence-corrected chi connectivity index (χ2v) is 2.70. The van der Waals surface area contributed by atoms with Crippen molar-refractivity contribution in [1.82, 2.24) is 4.98 Å². The van der Waals surface area contributed by atoms with E-state index in [-0.39, 0.29) is 11.4 Å². The molecule has 0 fully saturated rings. The highest BCUT2D eigenvalue weighted by molar-refractivity contribution is 6.00. The smallest absolute Gasteiger partial charge is 0.200 e. The van der Waals surface area contributed by atoms with Gasteiger partial charge in [-0.15, -0.1) is 0 Å². The van der Waals surface area contributed by atoms with Crippen LogP contribution in [0.5, 0.6) is 5.88 Å². The molecule has 4 heteroatoms. The molecule has 0 spiro atoms. The van der Waals surface area contributed by atoms with E-state index < -0.39 is 5.82 Å². The van der Waals surface area contributed by atoms with Crippen molar-refractivity contribution in [2.45, 2.75) is 0 Å². The summed E-state index contributed by atoms with van der Waals surface area (Å²) in [5.41, 5.74) is 0.635. The number of nitrogens with one attached hydrogen (secondary N) is 1. The van der Waals surface area contributed by atoms with E-state index in [1.54, 1.807) is 0 Å². The number of carbonyl (C=O) groups is 1. The van der Waals surface area contributed by atoms with Gasteiger partial charge in [-0.2, -0.15) is 0 Å². The number of fused-ring (bicyclic) bond motifs is 1. The fourth-order valence-electron chi connectivity index (χ4n) is 1.29. The molecule has 0 aliphatic heterocycles. The molecule has 1 heterocycles. The fraction of sp³-hybridized carbons (Fsp3) is 0. The summed E-state index contributed by atoms with van der Waals surface area (Å²) >= 11 is 0. The summed E-state index contributed by atoms with van der Waals surface area (Å²) in [4.78, 5) is 13.1. The van der Waals surface area contributed by atoms with Crippen molar-refractivity contribution in [1.29, 1.82) is 0 Å². The van der Waals surface area contributed by atoms with E-state index in [0.29, 0.717) is 17.2 Å². The summed E-state index contributed by atoms with van der Waals surface area (Å²) < 4.78 is 12.8. The van der Waals surface area contributed by atoms with Gasteiger partial charge in [-0.1, -0.05) is 0 Å². The molecule has 13 heavy (non-hydrogen) atoms. The molecular weight excluding hydrogens is 173 g/mol. The number of aromatic nitrogens is 1. The SMILES string of the molecule is O=Cc1c(O)[nH]c2ccc(F)cc12. The Hall–Kier alpha value is -1.84. The van der Waals surface area contributed by atoms with Crippen LogP contribution in [0, 0.1) is 5.82 Å². The lowest BCUT2D eigenvalue weighted by Gasteiger charge is -1.89. The molecule has 0 saturated carbocycles. The molecule has 0 bridgehead atoms. The molecule has 0 radical (unpaired) electrons. The van der Waals surface area contributed by atoms with Gasteiger partial charge in [0.25, 0.3) is 0 Å². The highest BCUT2D eigenvalue weighted by atomic mass is 19.1. The molecule has 2 rings (SSSR count). The molecule has 0 atom stereocenters. The van der Waals surface area contributed by atoms with E-state index in [2.05, 4.69) is 4.98 Å². The van der Waals surface area contributed by atoms with Crippen molar-refractivity contribution in [2.24, 2.45) is 0 Å². The van der Waals surface area contributed by atoms with Crippen molar-refractivity contribution in [2.75, 3.05) is 0 Å². The predicted octanol–water partition coefficient (Wildman–Crippen LogP) is 1.83. The van der Waals surface area contributed by atoms with Gasteiger partial charge in [-0.05, 0) is 18.2 Å². The van der Waals surface area contributed by atoms with Crippen LogP contribution in [0.4, 0.5) is 4.39 Å². The van der Waals surface area contributed by atoms with Gasteiger partial charge in [0.1, 0.15) is 5.82 Å². The van der Waals surface area contributed by atoms with Gasteiger partial charge in [0.2, 0.25) is 0 Å². The van der Waals surface area contributed by atoms with E-state index in [1.807, 2.05) is 0 Å². The minimum absolute atomic E-state index is 0.0921. The first kappa shape index (κ1) is 7.79. The van der Waals surface area contributed by atoms with Crippen LogP contribution < -0.4 is 0 Å². The van der Waals surface area contributed by atoms with E-state index >= 15 is 0 Å². The zero-order chi connectivity index (χ0) is 9.42. The van der Waals surface area contributed by atoms with E-state index in [4.69, 9.17) is 0 Å². The lowest BCUT2D eigenvalue weighted by molar-refractivity contribution is 0.112. The molecule has 0 unspecified atom stereocenters. The highest BCUT2D eigenvalue weighted by Gasteiger charge is 2.09. The molecule has 1 aromatic carbocycles. The number of rotatable bonds is 1. The van der Waals surface area contributed by atoms with Crippen LogP contribution in [-0.2, 0) is 0 Å². The minimum atomic E-state index is -0.436. The maximum atomic E-state index is 12.8. The Morgan fingerprint density at radius 2 is 2.23 bits per heavy atom. The van der Waals surface area contributed by atoms with Gasteiger partial charge in [0.05, 0.1) is 5.56 Å². The first-order valence-corrected chi connectivity index (χ1v) is 3.68. The van der Waals surface area contributed by atoms with Gasteiger partial charge in [-0.3, -0.25) is 4.79 Å². The van der Waals surface area contributed by atoms with Crippen LogP contribution in [0.3, 0.4) is 0 Å². The van der Waals surface area contributed by atoms with Crippen LogP contribution in [0.1, 0.15) is 10.4 Å². The van der Waals surface area contributed by atoms with Gasteiger partial charge in [-0.25, -0.2) is 4.39 Å². The second kappa shape index (κ2) is 2.58. The molecule has 0 amide bonds. The van der Waals surface area contributed by atoms with Crippen LogP contribution >= 0.6 is 0 Å². The Balaban J connectivity index is 2.88. The summed E-state index contributed by atoms with van der Waals surface area (Å²) in [6.07, 6.45) is 0.494. The second-order valence-electron chi connectivity index (χ2n) is 2.70. The van der Waals surface area contributed by atoms with Crippen LogP contribution in [-0.4, -0.2) is 16.4 Å². The molecule has 66 valence electrons. The predicted molar refractivity (Wildman–Crippen MR) is 45.3 cm³/mol. The summed E-state index contributed by atoms with van der Waals surface area (Å²) in [5, 5.41) is 9.61. The third-order valence-corrected chi connectivity index (χ3v) is 1.90. The number of carbonyl (C=O) groups excluding carboxylic acids is 1. The Morgan fingerprint density at radius 3 is 2.92 bits per heavy atom. The van der Waals surface area contributed by atoms with Gasteiger partial charge < -0.3 is 10.1 Å². The number of benzene rings is 1. The molecule has 1 aromatic heterocycles. The Bertz CT molecular complexity index is 476. The van der Waals surface area contributed by atoms with Crippen LogP contribution in [0.2, 0.25) is 0 Å². The number of aromatic hydroxyl groups is 1. The number of aromatic amines is 1. The lowest BCUT2D eigenvalue weighted by atomic mass is 10.2. The zero-order valence-corrected chi connectivity index (χ0v) is 6.54. The van der Waals surface area contributed by atoms with Gasteiger partial charge in [0, 0.05) is 10.9 Å². The van der Waals surface area contributed by atoms with Crippen molar-refractivity contribution >= 4 is 17.2 Å². The minimum Gasteiger partial charge on any atom is -0.494 e. The lowest BCUT2D eigenvalue weighted by Crippen LogP contribution is -1.77. The van der Waals surface area contributed by atoms with Gasteiger partial charge in [0.15, 0.2) is 12.2 Å². The van der Waals surface area contributed by atoms with Crippen molar-refractivity contribution in [3.8, 4) is 5.88 Å². The highest BCUT2D eigenvalue weighted by Crippen LogP contribution is 2.25. The maximum absolute atomic E-state index is 12.8. The standard InChI is InChI=1S/C9H6FNO2/c10-5-1-2-8-6(3-5)7(4-12)9(13)11-8/h1-4,11,13H.